The van der Waals surface area contributed by atoms with Gasteiger partial charge in [0.2, 0.25) is 20.1 Å². The van der Waals surface area contributed by atoms with E-state index < -0.39 is 39.4 Å². The van der Waals surface area contributed by atoms with Crippen molar-refractivity contribution in [3.05, 3.63) is 35.9 Å². The van der Waals surface area contributed by atoms with Crippen molar-refractivity contribution in [3.8, 4) is 0 Å². The Hall–Kier alpha value is -1.63. The van der Waals surface area contributed by atoms with Crippen LogP contribution in [-0.4, -0.2) is 61.4 Å². The molecular weight excluding hydrogens is 458 g/mol. The van der Waals surface area contributed by atoms with Crippen LogP contribution >= 0.6 is 11.8 Å². The lowest BCUT2D eigenvalue weighted by Crippen LogP contribution is -2.71. The Bertz CT molecular complexity index is 899. The van der Waals surface area contributed by atoms with Crippen LogP contribution in [0.2, 0.25) is 39.3 Å². The van der Waals surface area contributed by atoms with Crippen molar-refractivity contribution in [2.45, 2.75) is 81.4 Å². The molecule has 10 heteroatoms. The van der Waals surface area contributed by atoms with Gasteiger partial charge in [-0.15, -0.1) is 11.8 Å². The molecule has 1 aromatic carbocycles. The van der Waals surface area contributed by atoms with Crippen LogP contribution in [-0.2, 0) is 18.8 Å². The molecule has 7 nitrogen and oxygen atoms in total. The van der Waals surface area contributed by atoms with E-state index in [-0.39, 0.29) is 23.2 Å². The van der Waals surface area contributed by atoms with Gasteiger partial charge in [0.1, 0.15) is 31.7 Å². The third-order valence-electron chi connectivity index (χ3n) is 5.34. The molecule has 4 atom stereocenters. The standard InChI is InChI=1S/C22H35N3O4SSi2/c1-22(2)17(21(28)29-32(6,7)8)25-19(27)16(20(25)30-22)23-18(26)15(24-31(3,4)5)14-12-10-9-11-13-14/h9-13,15-17,20,24H,1-8H3,(H,23,26)/t15-,16-,17+,20-/m1/s1. The molecule has 32 heavy (non-hydrogen) atoms. The Morgan fingerprint density at radius 1 is 1.09 bits per heavy atom. The third kappa shape index (κ3) is 5.29. The van der Waals surface area contributed by atoms with Gasteiger partial charge in [-0.3, -0.25) is 14.4 Å². The maximum absolute atomic E-state index is 13.3. The summed E-state index contributed by atoms with van der Waals surface area (Å²) in [5, 5.41) is 2.70. The lowest BCUT2D eigenvalue weighted by atomic mass is 9.95. The quantitative estimate of drug-likeness (QED) is 0.448. The van der Waals surface area contributed by atoms with Crippen molar-refractivity contribution in [2.24, 2.45) is 0 Å². The van der Waals surface area contributed by atoms with Crippen LogP contribution in [0.3, 0.4) is 0 Å². The molecule has 0 unspecified atom stereocenters. The molecule has 2 aliphatic rings. The van der Waals surface area contributed by atoms with Crippen molar-refractivity contribution in [2.75, 3.05) is 0 Å². The van der Waals surface area contributed by atoms with Crippen LogP contribution in [0.4, 0.5) is 0 Å². The molecule has 3 rings (SSSR count). The van der Waals surface area contributed by atoms with Gasteiger partial charge in [0, 0.05) is 4.75 Å². The minimum Gasteiger partial charge on any atom is -0.518 e. The zero-order valence-electron chi connectivity index (χ0n) is 20.2. The summed E-state index contributed by atoms with van der Waals surface area (Å²) < 4.78 is 5.23. The zero-order chi connectivity index (χ0) is 24.1. The lowest BCUT2D eigenvalue weighted by Gasteiger charge is -2.44. The number of rotatable bonds is 7. The summed E-state index contributed by atoms with van der Waals surface area (Å²) >= 11 is 1.55. The summed E-state index contributed by atoms with van der Waals surface area (Å²) in [6.07, 6.45) is 0. The smallest absolute Gasteiger partial charge is 0.317 e. The highest BCUT2D eigenvalue weighted by molar-refractivity contribution is 8.01. The number of benzene rings is 1. The predicted molar refractivity (Wildman–Crippen MR) is 133 cm³/mol. The van der Waals surface area contributed by atoms with Gasteiger partial charge in [0.05, 0.1) is 0 Å². The average Bonchev–Trinajstić information content (AvgIpc) is 2.90. The van der Waals surface area contributed by atoms with Crippen molar-refractivity contribution in [1.82, 2.24) is 15.2 Å². The Kier molecular flexibility index (Phi) is 6.74. The molecule has 0 spiro atoms. The van der Waals surface area contributed by atoms with Crippen LogP contribution in [0.15, 0.2) is 30.3 Å². The average molecular weight is 494 g/mol. The van der Waals surface area contributed by atoms with Gasteiger partial charge in [0.15, 0.2) is 0 Å². The Morgan fingerprint density at radius 2 is 1.69 bits per heavy atom. The number of carbonyl (C=O) groups excluding carboxylic acids is 3. The first kappa shape index (κ1) is 25.0. The van der Waals surface area contributed by atoms with Crippen LogP contribution in [0.1, 0.15) is 25.5 Å². The first-order valence-electron chi connectivity index (χ1n) is 11.0. The van der Waals surface area contributed by atoms with E-state index in [1.807, 2.05) is 63.8 Å². The number of β-lactam (4-membered cyclic amide) rings is 1. The largest absolute Gasteiger partial charge is 0.518 e. The minimum atomic E-state index is -2.09. The second-order valence-corrected chi connectivity index (χ2v) is 22.0. The van der Waals surface area contributed by atoms with Gasteiger partial charge in [0.25, 0.3) is 0 Å². The molecule has 2 aliphatic heterocycles. The number of fused-ring (bicyclic) bond motifs is 1. The van der Waals surface area contributed by atoms with Crippen molar-refractivity contribution < 1.29 is 18.8 Å². The highest BCUT2D eigenvalue weighted by Crippen LogP contribution is 2.51. The van der Waals surface area contributed by atoms with Gasteiger partial charge in [-0.05, 0) is 39.1 Å². The normalized spacial score (nSPS) is 25.6. The lowest BCUT2D eigenvalue weighted by molar-refractivity contribution is -0.160. The van der Waals surface area contributed by atoms with E-state index in [0.29, 0.717) is 0 Å². The second kappa shape index (κ2) is 8.62. The molecule has 176 valence electrons. The van der Waals surface area contributed by atoms with E-state index in [4.69, 9.17) is 4.43 Å². The number of hydrogen-bond donors (Lipinski definition) is 2. The molecule has 2 fully saturated rings. The van der Waals surface area contributed by atoms with Gasteiger partial charge in [-0.2, -0.15) is 0 Å². The van der Waals surface area contributed by atoms with E-state index in [0.717, 1.165) is 5.56 Å². The maximum Gasteiger partial charge on any atom is 0.317 e. The molecule has 2 saturated heterocycles. The predicted octanol–water partition coefficient (Wildman–Crippen LogP) is 3.08. The fourth-order valence-electron chi connectivity index (χ4n) is 4.10. The molecule has 1 aromatic rings. The highest BCUT2D eigenvalue weighted by atomic mass is 32.2. The van der Waals surface area contributed by atoms with Crippen LogP contribution < -0.4 is 10.3 Å². The number of hydrogen-bond acceptors (Lipinski definition) is 6. The zero-order valence-corrected chi connectivity index (χ0v) is 23.0. The molecule has 0 bridgehead atoms. The second-order valence-electron chi connectivity index (χ2n) is 11.0. The number of nitrogens with one attached hydrogen (secondary N) is 2. The highest BCUT2D eigenvalue weighted by Gasteiger charge is 2.64. The molecule has 2 heterocycles. The number of carbonyl (C=O) groups is 3. The Labute approximate surface area is 197 Å². The number of amides is 2. The first-order valence-corrected chi connectivity index (χ1v) is 18.8. The van der Waals surface area contributed by atoms with Crippen LogP contribution in [0, 0.1) is 0 Å². The molecule has 0 radical (unpaired) electrons. The first-order chi connectivity index (χ1) is 14.6. The molecule has 0 saturated carbocycles. The topological polar surface area (TPSA) is 87.7 Å². The fraction of sp³-hybridized carbons (Fsp3) is 0.591. The minimum absolute atomic E-state index is 0.219. The van der Waals surface area contributed by atoms with Crippen molar-refractivity contribution in [1.29, 1.82) is 0 Å². The summed E-state index contributed by atoms with van der Waals surface area (Å²) in [6.45, 7) is 16.2. The van der Waals surface area contributed by atoms with Crippen LogP contribution in [0.25, 0.3) is 0 Å². The van der Waals surface area contributed by atoms with E-state index in [1.165, 1.54) is 0 Å². The SMILES string of the molecule is CC1(C)S[C@@H]2[C@H](NC(=O)[C@H](N[Si](C)(C)C)c3ccccc3)C(=O)N2[C@H]1C(=O)O[Si](C)(C)C. The Morgan fingerprint density at radius 3 is 2.22 bits per heavy atom. The molecular formula is C22H35N3O4SSi2. The molecule has 2 amide bonds. The molecule has 0 aliphatic carbocycles. The van der Waals surface area contributed by atoms with Gasteiger partial charge < -0.3 is 19.6 Å². The summed E-state index contributed by atoms with van der Waals surface area (Å²) in [7, 11) is -3.88. The summed E-state index contributed by atoms with van der Waals surface area (Å²) in [5.41, 5.74) is 0.868. The van der Waals surface area contributed by atoms with E-state index >= 15 is 0 Å². The van der Waals surface area contributed by atoms with E-state index in [2.05, 4.69) is 29.9 Å². The van der Waals surface area contributed by atoms with Crippen LogP contribution in [0.5, 0.6) is 0 Å². The van der Waals surface area contributed by atoms with Gasteiger partial charge in [-0.1, -0.05) is 50.0 Å². The third-order valence-corrected chi connectivity index (χ3v) is 8.88. The van der Waals surface area contributed by atoms with Gasteiger partial charge in [-0.25, -0.2) is 0 Å². The van der Waals surface area contributed by atoms with Gasteiger partial charge >= 0.3 is 5.97 Å². The molecule has 0 aromatic heterocycles. The summed E-state index contributed by atoms with van der Waals surface area (Å²) in [6, 6.07) is 7.74. The summed E-state index contributed by atoms with van der Waals surface area (Å²) in [4.78, 5) is 44.4. The van der Waals surface area contributed by atoms with E-state index in [9.17, 15) is 14.4 Å². The summed E-state index contributed by atoms with van der Waals surface area (Å²) in [5.74, 6) is -0.785. The number of nitrogens with zero attached hydrogens (tertiary/aromatic N) is 1. The van der Waals surface area contributed by atoms with Crippen molar-refractivity contribution >= 4 is 46.1 Å². The van der Waals surface area contributed by atoms with Crippen molar-refractivity contribution in [3.63, 3.8) is 0 Å². The number of thioether (sulfide) groups is 1. The van der Waals surface area contributed by atoms with E-state index in [1.54, 1.807) is 16.7 Å². The molecule has 2 N–H and O–H groups in total. The monoisotopic (exact) mass is 493 g/mol. The maximum atomic E-state index is 13.3. The fourth-order valence-corrected chi connectivity index (χ4v) is 7.60. The Balaban J connectivity index is 1.77.